The molecule has 2 nitrogen and oxygen atoms in total. The van der Waals surface area contributed by atoms with Crippen molar-refractivity contribution in [3.63, 3.8) is 0 Å². The lowest BCUT2D eigenvalue weighted by Crippen LogP contribution is -2.38. The van der Waals surface area contributed by atoms with Crippen molar-refractivity contribution >= 4 is 5.97 Å². The molecule has 2 heteroatoms. The highest BCUT2D eigenvalue weighted by molar-refractivity contribution is 5.89. The van der Waals surface area contributed by atoms with Gasteiger partial charge in [-0.25, -0.2) is 4.79 Å². The highest BCUT2D eigenvalue weighted by Gasteiger charge is 2.35. The van der Waals surface area contributed by atoms with Gasteiger partial charge in [0.15, 0.2) is 0 Å². The van der Waals surface area contributed by atoms with E-state index in [9.17, 15) is 4.79 Å². The molecule has 0 aliphatic heterocycles. The largest absolute Gasteiger partial charge is 0.458 e. The first-order valence-electron chi connectivity index (χ1n) is 7.51. The number of benzene rings is 1. The van der Waals surface area contributed by atoms with Gasteiger partial charge >= 0.3 is 5.97 Å². The van der Waals surface area contributed by atoms with E-state index in [1.807, 2.05) is 18.2 Å². The summed E-state index contributed by atoms with van der Waals surface area (Å²) < 4.78 is 5.78. The van der Waals surface area contributed by atoms with E-state index in [4.69, 9.17) is 4.74 Å². The third-order valence-electron chi connectivity index (χ3n) is 4.55. The van der Waals surface area contributed by atoms with Crippen molar-refractivity contribution in [3.8, 4) is 0 Å². The van der Waals surface area contributed by atoms with Gasteiger partial charge in [-0.2, -0.15) is 0 Å². The molecule has 0 saturated heterocycles. The zero-order valence-corrected chi connectivity index (χ0v) is 12.8. The van der Waals surface area contributed by atoms with E-state index in [0.29, 0.717) is 17.4 Å². The number of hydrogen-bond donors (Lipinski definition) is 0. The fraction of sp³-hybridized carbons (Fsp3) is 0.500. The molecule has 0 amide bonds. The highest BCUT2D eigenvalue weighted by Crippen LogP contribution is 2.36. The molecular formula is C18H24O2. The summed E-state index contributed by atoms with van der Waals surface area (Å²) in [4.78, 5) is 12.2. The zero-order chi connectivity index (χ0) is 14.7. The molecule has 4 atom stereocenters. The lowest BCUT2D eigenvalue weighted by molar-refractivity contribution is -0.00625. The quantitative estimate of drug-likeness (QED) is 0.599. The van der Waals surface area contributed by atoms with Crippen LogP contribution in [0.4, 0.5) is 0 Å². The van der Waals surface area contributed by atoms with Gasteiger partial charge < -0.3 is 4.74 Å². The molecule has 0 heterocycles. The van der Waals surface area contributed by atoms with E-state index in [1.54, 1.807) is 12.1 Å². The van der Waals surface area contributed by atoms with Gasteiger partial charge in [0.1, 0.15) is 6.10 Å². The van der Waals surface area contributed by atoms with E-state index >= 15 is 0 Å². The Bertz CT molecular complexity index is 489. The Labute approximate surface area is 121 Å². The summed E-state index contributed by atoms with van der Waals surface area (Å²) in [6.07, 6.45) is 3.33. The summed E-state index contributed by atoms with van der Waals surface area (Å²) in [6, 6.07) is 9.24. The number of esters is 1. The number of carbonyl (C=O) groups excluding carboxylic acids is 1. The van der Waals surface area contributed by atoms with Crippen molar-refractivity contribution in [1.82, 2.24) is 0 Å². The fourth-order valence-electron chi connectivity index (χ4n) is 3.11. The predicted octanol–water partition coefficient (Wildman–Crippen LogP) is 4.47. The minimum atomic E-state index is -0.213. The molecule has 1 aromatic carbocycles. The van der Waals surface area contributed by atoms with Crippen LogP contribution in [0.3, 0.4) is 0 Å². The van der Waals surface area contributed by atoms with Gasteiger partial charge in [0.25, 0.3) is 0 Å². The lowest BCUT2D eigenvalue weighted by Gasteiger charge is -2.37. The Morgan fingerprint density at radius 2 is 1.80 bits per heavy atom. The number of allylic oxidation sites excluding steroid dienone is 1. The molecule has 0 radical (unpaired) electrons. The Kier molecular flexibility index (Phi) is 4.64. The van der Waals surface area contributed by atoms with Crippen LogP contribution < -0.4 is 0 Å². The zero-order valence-electron chi connectivity index (χ0n) is 12.8. The average molecular weight is 272 g/mol. The molecule has 1 aromatic rings. The van der Waals surface area contributed by atoms with E-state index in [0.717, 1.165) is 6.42 Å². The van der Waals surface area contributed by atoms with Crippen molar-refractivity contribution in [3.05, 3.63) is 47.5 Å². The molecule has 0 fully saturated rings. The fourth-order valence-corrected chi connectivity index (χ4v) is 3.11. The van der Waals surface area contributed by atoms with Gasteiger partial charge in [0, 0.05) is 5.92 Å². The van der Waals surface area contributed by atoms with Crippen LogP contribution in [0.1, 0.15) is 44.5 Å². The van der Waals surface area contributed by atoms with Crippen LogP contribution in [0.2, 0.25) is 0 Å². The van der Waals surface area contributed by atoms with Crippen molar-refractivity contribution in [1.29, 1.82) is 0 Å². The summed E-state index contributed by atoms with van der Waals surface area (Å²) in [6.45, 7) is 8.75. The Morgan fingerprint density at radius 3 is 2.40 bits per heavy atom. The Hall–Kier alpha value is -1.57. The maximum Gasteiger partial charge on any atom is 0.338 e. The normalized spacial score (nSPS) is 29.7. The smallest absolute Gasteiger partial charge is 0.338 e. The van der Waals surface area contributed by atoms with Crippen LogP contribution in [0.15, 0.2) is 42.0 Å². The topological polar surface area (TPSA) is 26.3 Å². The number of carbonyl (C=O) groups is 1. The first kappa shape index (κ1) is 14.8. The standard InChI is InChI=1S/C18H24O2/c1-5-15-11-12(2)17(14(4)13(15)3)20-18(19)16-9-7-6-8-10-16/h6-14,17H,5H2,1-4H3. The summed E-state index contributed by atoms with van der Waals surface area (Å²) in [5.74, 6) is 0.904. The molecule has 0 bridgehead atoms. The molecule has 0 aromatic heterocycles. The van der Waals surface area contributed by atoms with E-state index < -0.39 is 0 Å². The average Bonchev–Trinajstić information content (AvgIpc) is 2.48. The van der Waals surface area contributed by atoms with Gasteiger partial charge in [0.2, 0.25) is 0 Å². The maximum atomic E-state index is 12.2. The SMILES string of the molecule is CCC1=CC(C)C(OC(=O)c2ccccc2)C(C)C1C. The summed E-state index contributed by atoms with van der Waals surface area (Å²) in [5.41, 5.74) is 2.11. The number of rotatable bonds is 3. The molecule has 1 aliphatic carbocycles. The van der Waals surface area contributed by atoms with Gasteiger partial charge in [-0.05, 0) is 30.4 Å². The van der Waals surface area contributed by atoms with E-state index in [2.05, 4.69) is 33.8 Å². The molecular weight excluding hydrogens is 248 g/mol. The monoisotopic (exact) mass is 272 g/mol. The van der Waals surface area contributed by atoms with Crippen LogP contribution in [0.25, 0.3) is 0 Å². The molecule has 4 unspecified atom stereocenters. The summed E-state index contributed by atoms with van der Waals surface area (Å²) >= 11 is 0. The van der Waals surface area contributed by atoms with Crippen molar-refractivity contribution < 1.29 is 9.53 Å². The second kappa shape index (κ2) is 6.25. The predicted molar refractivity (Wildman–Crippen MR) is 81.5 cm³/mol. The third-order valence-corrected chi connectivity index (χ3v) is 4.55. The maximum absolute atomic E-state index is 12.2. The van der Waals surface area contributed by atoms with Crippen LogP contribution in [-0.2, 0) is 4.74 Å². The van der Waals surface area contributed by atoms with Crippen LogP contribution in [0.5, 0.6) is 0 Å². The number of ether oxygens (including phenoxy) is 1. The second-order valence-electron chi connectivity index (χ2n) is 5.84. The van der Waals surface area contributed by atoms with Gasteiger partial charge in [-0.1, -0.05) is 57.5 Å². The highest BCUT2D eigenvalue weighted by atomic mass is 16.5. The third kappa shape index (κ3) is 2.95. The first-order chi connectivity index (χ1) is 9.54. The molecule has 0 spiro atoms. The van der Waals surface area contributed by atoms with E-state index in [1.165, 1.54) is 5.57 Å². The van der Waals surface area contributed by atoms with Gasteiger partial charge in [-0.3, -0.25) is 0 Å². The van der Waals surface area contributed by atoms with Crippen molar-refractivity contribution in [2.24, 2.45) is 17.8 Å². The van der Waals surface area contributed by atoms with Gasteiger partial charge in [0.05, 0.1) is 5.56 Å². The van der Waals surface area contributed by atoms with Crippen molar-refractivity contribution in [2.75, 3.05) is 0 Å². The van der Waals surface area contributed by atoms with Crippen LogP contribution in [-0.4, -0.2) is 12.1 Å². The Morgan fingerprint density at radius 1 is 1.15 bits per heavy atom. The second-order valence-corrected chi connectivity index (χ2v) is 5.84. The summed E-state index contributed by atoms with van der Waals surface area (Å²) in [7, 11) is 0. The first-order valence-corrected chi connectivity index (χ1v) is 7.51. The molecule has 20 heavy (non-hydrogen) atoms. The summed E-state index contributed by atoms with van der Waals surface area (Å²) in [5, 5.41) is 0. The minimum absolute atomic E-state index is 0.0343. The lowest BCUT2D eigenvalue weighted by atomic mass is 9.73. The molecule has 0 N–H and O–H groups in total. The van der Waals surface area contributed by atoms with Crippen molar-refractivity contribution in [2.45, 2.75) is 40.2 Å². The Balaban J connectivity index is 2.13. The molecule has 108 valence electrons. The molecule has 2 rings (SSSR count). The molecule has 1 aliphatic rings. The minimum Gasteiger partial charge on any atom is -0.458 e. The van der Waals surface area contributed by atoms with Crippen LogP contribution in [0, 0.1) is 17.8 Å². The van der Waals surface area contributed by atoms with E-state index in [-0.39, 0.29) is 18.0 Å². The molecule has 0 saturated carbocycles. The van der Waals surface area contributed by atoms with Crippen LogP contribution >= 0.6 is 0 Å². The van der Waals surface area contributed by atoms with Gasteiger partial charge in [-0.15, -0.1) is 0 Å². The number of hydrogen-bond acceptors (Lipinski definition) is 2.